The van der Waals surface area contributed by atoms with Crippen molar-refractivity contribution in [3.8, 4) is 0 Å². The van der Waals surface area contributed by atoms with E-state index in [1.54, 1.807) is 6.07 Å². The molecule has 0 bridgehead atoms. The van der Waals surface area contributed by atoms with Gasteiger partial charge in [0.15, 0.2) is 0 Å². The van der Waals surface area contributed by atoms with Crippen LogP contribution in [0.25, 0.3) is 11.0 Å². The average molecular weight is 293 g/mol. The van der Waals surface area contributed by atoms with Crippen LogP contribution in [0.1, 0.15) is 12.2 Å². The van der Waals surface area contributed by atoms with Gasteiger partial charge < -0.3 is 10.7 Å². The summed E-state index contributed by atoms with van der Waals surface area (Å²) in [7, 11) is 0. The van der Waals surface area contributed by atoms with Crippen molar-refractivity contribution < 1.29 is 4.92 Å². The van der Waals surface area contributed by atoms with E-state index in [0.717, 1.165) is 24.2 Å². The van der Waals surface area contributed by atoms with Crippen LogP contribution in [-0.4, -0.2) is 21.4 Å². The van der Waals surface area contributed by atoms with Crippen LogP contribution in [-0.2, 0) is 6.42 Å². The van der Waals surface area contributed by atoms with Crippen molar-refractivity contribution in [1.29, 1.82) is 0 Å². The summed E-state index contributed by atoms with van der Waals surface area (Å²) in [5.41, 5.74) is 6.92. The van der Waals surface area contributed by atoms with Gasteiger partial charge in [0.2, 0.25) is 0 Å². The van der Waals surface area contributed by atoms with Gasteiger partial charge in [-0.05, 0) is 19.0 Å². The lowest BCUT2D eigenvalue weighted by molar-refractivity contribution is -0.384. The lowest BCUT2D eigenvalue weighted by atomic mass is 10.3. The largest absolute Gasteiger partial charge is 0.342 e. The van der Waals surface area contributed by atoms with Crippen LogP contribution in [0.5, 0.6) is 0 Å². The number of aromatic nitrogens is 2. The van der Waals surface area contributed by atoms with E-state index in [-0.39, 0.29) is 30.5 Å². The van der Waals surface area contributed by atoms with Crippen LogP contribution in [0.15, 0.2) is 18.2 Å². The Morgan fingerprint density at radius 1 is 1.39 bits per heavy atom. The van der Waals surface area contributed by atoms with E-state index < -0.39 is 4.92 Å². The third-order valence-electron chi connectivity index (χ3n) is 2.34. The number of hydrogen-bond donors (Lipinski definition) is 2. The Balaban J connectivity index is 0.00000144. The number of imidazole rings is 1. The Morgan fingerprint density at radius 3 is 2.72 bits per heavy atom. The Labute approximate surface area is 116 Å². The number of benzene rings is 1. The van der Waals surface area contributed by atoms with Crippen molar-refractivity contribution in [2.75, 3.05) is 6.54 Å². The Bertz CT molecular complexity index is 530. The van der Waals surface area contributed by atoms with Gasteiger partial charge in [0.05, 0.1) is 16.0 Å². The summed E-state index contributed by atoms with van der Waals surface area (Å²) in [6, 6.07) is 4.60. The van der Waals surface area contributed by atoms with E-state index in [2.05, 4.69) is 9.97 Å². The number of non-ortho nitro benzene ring substituents is 1. The maximum atomic E-state index is 10.6. The van der Waals surface area contributed by atoms with E-state index >= 15 is 0 Å². The number of halogens is 2. The topological polar surface area (TPSA) is 97.8 Å². The smallest absolute Gasteiger partial charge is 0.271 e. The molecule has 6 nitrogen and oxygen atoms in total. The molecular formula is C10H14Cl2N4O2. The lowest BCUT2D eigenvalue weighted by Crippen LogP contribution is -2.01. The van der Waals surface area contributed by atoms with Crippen molar-refractivity contribution in [3.05, 3.63) is 34.1 Å². The van der Waals surface area contributed by atoms with Crippen LogP contribution in [0.2, 0.25) is 0 Å². The number of nitro benzene ring substituents is 1. The molecule has 0 saturated carbocycles. The molecule has 8 heteroatoms. The maximum Gasteiger partial charge on any atom is 0.271 e. The number of hydrogen-bond acceptors (Lipinski definition) is 4. The number of aromatic amines is 1. The van der Waals surface area contributed by atoms with E-state index in [0.29, 0.717) is 12.1 Å². The number of nitrogens with zero attached hydrogens (tertiary/aromatic N) is 2. The molecule has 0 aliphatic heterocycles. The number of H-pyrrole nitrogens is 1. The summed E-state index contributed by atoms with van der Waals surface area (Å²) >= 11 is 0. The minimum Gasteiger partial charge on any atom is -0.342 e. The van der Waals surface area contributed by atoms with Gasteiger partial charge in [0, 0.05) is 18.6 Å². The Morgan fingerprint density at radius 2 is 2.11 bits per heavy atom. The Hall–Kier alpha value is -1.37. The predicted octanol–water partition coefficient (Wildman–Crippen LogP) is 2.21. The standard InChI is InChI=1S/C10H12N4O2.2ClH/c11-5-1-2-10-12-8-4-3-7(14(15)16)6-9(8)13-10;;/h3-4,6H,1-2,5,11H2,(H,12,13);2*1H. The molecule has 0 aliphatic carbocycles. The van der Waals surface area contributed by atoms with Gasteiger partial charge in [-0.15, -0.1) is 24.8 Å². The first-order valence-corrected chi connectivity index (χ1v) is 5.04. The minimum absolute atomic E-state index is 0. The second-order valence-corrected chi connectivity index (χ2v) is 3.53. The second kappa shape index (κ2) is 7.15. The molecule has 1 heterocycles. The lowest BCUT2D eigenvalue weighted by Gasteiger charge is -1.91. The second-order valence-electron chi connectivity index (χ2n) is 3.53. The number of nitrogens with two attached hydrogens (primary N) is 1. The fourth-order valence-electron chi connectivity index (χ4n) is 1.55. The molecule has 2 rings (SSSR count). The zero-order chi connectivity index (χ0) is 11.5. The number of nitro groups is 1. The van der Waals surface area contributed by atoms with Crippen molar-refractivity contribution >= 4 is 41.5 Å². The molecule has 0 fully saturated rings. The molecule has 1 aromatic heterocycles. The molecule has 0 spiro atoms. The van der Waals surface area contributed by atoms with Crippen LogP contribution in [0.3, 0.4) is 0 Å². The first kappa shape index (κ1) is 16.6. The highest BCUT2D eigenvalue weighted by molar-refractivity contribution is 5.85. The summed E-state index contributed by atoms with van der Waals surface area (Å²) in [4.78, 5) is 17.5. The average Bonchev–Trinajstić information content (AvgIpc) is 2.67. The number of nitrogens with one attached hydrogen (secondary N) is 1. The van der Waals surface area contributed by atoms with Gasteiger partial charge in [-0.3, -0.25) is 10.1 Å². The normalized spacial score (nSPS) is 9.61. The summed E-state index contributed by atoms with van der Waals surface area (Å²) in [6.45, 7) is 0.608. The molecule has 3 N–H and O–H groups in total. The van der Waals surface area contributed by atoms with E-state index in [1.165, 1.54) is 12.1 Å². The predicted molar refractivity (Wildman–Crippen MR) is 74.6 cm³/mol. The fourth-order valence-corrected chi connectivity index (χ4v) is 1.55. The van der Waals surface area contributed by atoms with Crippen molar-refractivity contribution in [2.24, 2.45) is 5.73 Å². The van der Waals surface area contributed by atoms with Crippen molar-refractivity contribution in [2.45, 2.75) is 12.8 Å². The fraction of sp³-hybridized carbons (Fsp3) is 0.300. The molecule has 1 aromatic carbocycles. The molecule has 100 valence electrons. The highest BCUT2D eigenvalue weighted by Crippen LogP contribution is 2.19. The van der Waals surface area contributed by atoms with E-state index in [1.807, 2.05) is 0 Å². The zero-order valence-electron chi connectivity index (χ0n) is 9.46. The molecule has 2 aromatic rings. The van der Waals surface area contributed by atoms with Crippen LogP contribution in [0, 0.1) is 10.1 Å². The zero-order valence-corrected chi connectivity index (χ0v) is 11.1. The highest BCUT2D eigenvalue weighted by Gasteiger charge is 2.09. The van der Waals surface area contributed by atoms with E-state index in [4.69, 9.17) is 5.73 Å². The van der Waals surface area contributed by atoms with Crippen molar-refractivity contribution in [3.63, 3.8) is 0 Å². The first-order valence-electron chi connectivity index (χ1n) is 5.04. The molecule has 0 saturated heterocycles. The quantitative estimate of drug-likeness (QED) is 0.667. The van der Waals surface area contributed by atoms with Crippen molar-refractivity contribution in [1.82, 2.24) is 9.97 Å². The maximum absolute atomic E-state index is 10.6. The van der Waals surface area contributed by atoms with Gasteiger partial charge in [-0.2, -0.15) is 0 Å². The number of fused-ring (bicyclic) bond motifs is 1. The molecule has 0 amide bonds. The number of aryl methyl sites for hydroxylation is 1. The highest BCUT2D eigenvalue weighted by atomic mass is 35.5. The third-order valence-corrected chi connectivity index (χ3v) is 2.34. The minimum atomic E-state index is -0.417. The summed E-state index contributed by atoms with van der Waals surface area (Å²) in [5.74, 6) is 0.820. The van der Waals surface area contributed by atoms with Gasteiger partial charge in [-0.1, -0.05) is 0 Å². The van der Waals surface area contributed by atoms with E-state index in [9.17, 15) is 10.1 Å². The van der Waals surface area contributed by atoms with Gasteiger partial charge in [0.25, 0.3) is 5.69 Å². The number of rotatable bonds is 4. The molecule has 0 radical (unpaired) electrons. The summed E-state index contributed by atoms with van der Waals surface area (Å²) < 4.78 is 0. The first-order chi connectivity index (χ1) is 7.70. The van der Waals surface area contributed by atoms with Crippen LogP contribution < -0.4 is 5.73 Å². The third kappa shape index (κ3) is 3.56. The van der Waals surface area contributed by atoms with Gasteiger partial charge in [-0.25, -0.2) is 4.98 Å². The Kier molecular flexibility index (Phi) is 6.61. The molecule has 0 atom stereocenters. The summed E-state index contributed by atoms with van der Waals surface area (Å²) in [5, 5.41) is 10.6. The van der Waals surface area contributed by atoms with Gasteiger partial charge >= 0.3 is 0 Å². The monoisotopic (exact) mass is 292 g/mol. The summed E-state index contributed by atoms with van der Waals surface area (Å²) in [6.07, 6.45) is 1.61. The van der Waals surface area contributed by atoms with Crippen LogP contribution >= 0.6 is 24.8 Å². The van der Waals surface area contributed by atoms with Crippen LogP contribution in [0.4, 0.5) is 5.69 Å². The molecular weight excluding hydrogens is 279 g/mol. The molecule has 0 aliphatic rings. The molecule has 18 heavy (non-hydrogen) atoms. The van der Waals surface area contributed by atoms with Gasteiger partial charge in [0.1, 0.15) is 5.82 Å². The molecule has 0 unspecified atom stereocenters. The SMILES string of the molecule is Cl.Cl.NCCCc1nc2ccc([N+](=O)[O-])cc2[nH]1.